The van der Waals surface area contributed by atoms with Crippen LogP contribution in [0.15, 0.2) is 30.4 Å². The Morgan fingerprint density at radius 3 is 2.36 bits per heavy atom. The Kier molecular flexibility index (Phi) is 3.91. The van der Waals surface area contributed by atoms with Gasteiger partial charge in [-0.25, -0.2) is 0 Å². The summed E-state index contributed by atoms with van der Waals surface area (Å²) in [4.78, 5) is 38.1. The highest BCUT2D eigenvalue weighted by Crippen LogP contribution is 2.35. The number of allylic oxidation sites excluding steroid dienone is 2. The molecule has 0 bridgehead atoms. The number of carbonyl (C=O) groups excluding carboxylic acids is 3. The van der Waals surface area contributed by atoms with Crippen molar-refractivity contribution in [3.63, 3.8) is 0 Å². The van der Waals surface area contributed by atoms with Crippen LogP contribution in [0.2, 0.25) is 0 Å². The highest BCUT2D eigenvalue weighted by Gasteiger charge is 2.47. The molecule has 0 aromatic heterocycles. The van der Waals surface area contributed by atoms with Crippen molar-refractivity contribution in [2.24, 2.45) is 11.8 Å². The van der Waals surface area contributed by atoms with E-state index in [9.17, 15) is 14.4 Å². The van der Waals surface area contributed by atoms with Gasteiger partial charge >= 0.3 is 0 Å². The van der Waals surface area contributed by atoms with Crippen LogP contribution in [0, 0.1) is 11.8 Å². The molecule has 3 amide bonds. The topological polar surface area (TPSA) is 84.9 Å². The Morgan fingerprint density at radius 2 is 1.68 bits per heavy atom. The van der Waals surface area contributed by atoms with E-state index in [1.165, 1.54) is 0 Å². The number of anilines is 1. The fourth-order valence-corrected chi connectivity index (χ4v) is 3.49. The van der Waals surface area contributed by atoms with Gasteiger partial charge in [0.15, 0.2) is 11.5 Å². The fraction of sp³-hybridized carbons (Fsp3) is 0.389. The van der Waals surface area contributed by atoms with Crippen LogP contribution in [0.25, 0.3) is 0 Å². The Bertz CT molecular complexity index is 747. The van der Waals surface area contributed by atoms with Crippen molar-refractivity contribution in [1.29, 1.82) is 0 Å². The van der Waals surface area contributed by atoms with Gasteiger partial charge in [0, 0.05) is 11.8 Å². The number of fused-ring (bicyclic) bond motifs is 2. The van der Waals surface area contributed by atoms with Crippen LogP contribution < -0.4 is 14.8 Å². The molecule has 4 rings (SSSR count). The van der Waals surface area contributed by atoms with E-state index in [1.54, 1.807) is 18.2 Å². The van der Waals surface area contributed by atoms with E-state index < -0.39 is 5.91 Å². The molecule has 2 heterocycles. The first kappa shape index (κ1) is 15.7. The van der Waals surface area contributed by atoms with E-state index in [0.29, 0.717) is 43.2 Å². The highest BCUT2D eigenvalue weighted by molar-refractivity contribution is 6.08. The number of amides is 3. The summed E-state index contributed by atoms with van der Waals surface area (Å²) in [7, 11) is 0. The average molecular weight is 342 g/mol. The molecule has 1 saturated heterocycles. The molecule has 2 atom stereocenters. The summed E-state index contributed by atoms with van der Waals surface area (Å²) in [6, 6.07) is 5.09. The molecule has 0 spiro atoms. The van der Waals surface area contributed by atoms with Gasteiger partial charge in [-0.1, -0.05) is 12.2 Å². The third-order valence-electron chi connectivity index (χ3n) is 4.73. The second-order valence-corrected chi connectivity index (χ2v) is 6.33. The molecule has 7 heteroatoms. The lowest BCUT2D eigenvalue weighted by atomic mass is 9.85. The van der Waals surface area contributed by atoms with Gasteiger partial charge in [0.1, 0.15) is 19.8 Å². The Morgan fingerprint density at radius 1 is 1.04 bits per heavy atom. The average Bonchev–Trinajstić information content (AvgIpc) is 2.87. The molecule has 1 N–H and O–H groups in total. The lowest BCUT2D eigenvalue weighted by Crippen LogP contribution is -2.38. The van der Waals surface area contributed by atoms with Crippen LogP contribution in [-0.4, -0.2) is 42.4 Å². The van der Waals surface area contributed by atoms with Gasteiger partial charge in [-0.15, -0.1) is 0 Å². The van der Waals surface area contributed by atoms with Crippen LogP contribution in [-0.2, 0) is 14.4 Å². The summed E-state index contributed by atoms with van der Waals surface area (Å²) in [6.45, 7) is 0.687. The van der Waals surface area contributed by atoms with E-state index in [0.717, 1.165) is 4.90 Å². The normalized spacial score (nSPS) is 24.2. The smallest absolute Gasteiger partial charge is 0.244 e. The molecule has 2 aliphatic heterocycles. The Labute approximate surface area is 144 Å². The number of benzene rings is 1. The van der Waals surface area contributed by atoms with Gasteiger partial charge < -0.3 is 14.8 Å². The van der Waals surface area contributed by atoms with E-state index in [1.807, 2.05) is 12.2 Å². The largest absolute Gasteiger partial charge is 0.486 e. The maximum absolute atomic E-state index is 12.4. The van der Waals surface area contributed by atoms with Gasteiger partial charge in [0.05, 0.1) is 11.8 Å². The first-order valence-corrected chi connectivity index (χ1v) is 8.33. The predicted octanol–water partition coefficient (Wildman–Crippen LogP) is 1.35. The molecule has 0 radical (unpaired) electrons. The molecule has 7 nitrogen and oxygen atoms in total. The number of imide groups is 1. The van der Waals surface area contributed by atoms with Crippen LogP contribution in [0.5, 0.6) is 11.5 Å². The molecule has 1 aromatic carbocycles. The van der Waals surface area contributed by atoms with E-state index in [2.05, 4.69) is 5.32 Å². The lowest BCUT2D eigenvalue weighted by Gasteiger charge is -2.19. The van der Waals surface area contributed by atoms with Crippen LogP contribution in [0.4, 0.5) is 5.69 Å². The Balaban J connectivity index is 1.42. The van der Waals surface area contributed by atoms with E-state index in [-0.39, 0.29) is 30.2 Å². The number of nitrogens with zero attached hydrogens (tertiary/aromatic N) is 1. The maximum Gasteiger partial charge on any atom is 0.244 e. The Hall–Kier alpha value is -2.83. The van der Waals surface area contributed by atoms with Crippen LogP contribution >= 0.6 is 0 Å². The standard InChI is InChI=1S/C18H18N2O5/c21-16(19-11-5-6-14-15(9-11)25-8-7-24-14)10-20-17(22)12-3-1-2-4-13(12)18(20)23/h1-2,5-6,9,12-13H,3-4,7-8,10H2,(H,19,21). The first-order valence-electron chi connectivity index (χ1n) is 8.33. The molecule has 1 fully saturated rings. The van der Waals surface area contributed by atoms with Gasteiger partial charge in [-0.05, 0) is 25.0 Å². The number of hydrogen-bond donors (Lipinski definition) is 1. The number of likely N-dealkylation sites (tertiary alicyclic amines) is 1. The van der Waals surface area contributed by atoms with Crippen molar-refractivity contribution >= 4 is 23.4 Å². The first-order chi connectivity index (χ1) is 12.1. The van der Waals surface area contributed by atoms with Crippen molar-refractivity contribution in [1.82, 2.24) is 4.90 Å². The minimum absolute atomic E-state index is 0.253. The van der Waals surface area contributed by atoms with Crippen molar-refractivity contribution in [2.45, 2.75) is 12.8 Å². The van der Waals surface area contributed by atoms with Crippen LogP contribution in [0.3, 0.4) is 0 Å². The number of hydrogen-bond acceptors (Lipinski definition) is 5. The number of nitrogens with one attached hydrogen (secondary N) is 1. The molecular weight excluding hydrogens is 324 g/mol. The minimum Gasteiger partial charge on any atom is -0.486 e. The molecule has 25 heavy (non-hydrogen) atoms. The molecular formula is C18H18N2O5. The molecule has 1 aliphatic carbocycles. The third kappa shape index (κ3) is 2.86. The third-order valence-corrected chi connectivity index (χ3v) is 4.73. The summed E-state index contributed by atoms with van der Waals surface area (Å²) < 4.78 is 10.9. The van der Waals surface area contributed by atoms with Crippen molar-refractivity contribution in [3.8, 4) is 11.5 Å². The van der Waals surface area contributed by atoms with E-state index in [4.69, 9.17) is 9.47 Å². The summed E-state index contributed by atoms with van der Waals surface area (Å²) >= 11 is 0. The summed E-state index contributed by atoms with van der Waals surface area (Å²) in [5.41, 5.74) is 0.535. The van der Waals surface area contributed by atoms with Crippen LogP contribution in [0.1, 0.15) is 12.8 Å². The summed E-state index contributed by atoms with van der Waals surface area (Å²) in [6.07, 6.45) is 4.97. The van der Waals surface area contributed by atoms with Crippen molar-refractivity contribution < 1.29 is 23.9 Å². The van der Waals surface area contributed by atoms with Gasteiger partial charge in [0.2, 0.25) is 17.7 Å². The quantitative estimate of drug-likeness (QED) is 0.662. The lowest BCUT2D eigenvalue weighted by molar-refractivity contribution is -0.142. The molecule has 3 aliphatic rings. The zero-order valence-corrected chi connectivity index (χ0v) is 13.6. The number of ether oxygens (including phenoxy) is 2. The van der Waals surface area contributed by atoms with Crippen molar-refractivity contribution in [2.75, 3.05) is 25.1 Å². The molecule has 2 unspecified atom stereocenters. The highest BCUT2D eigenvalue weighted by atomic mass is 16.6. The maximum atomic E-state index is 12.4. The molecule has 1 aromatic rings. The summed E-state index contributed by atoms with van der Waals surface area (Å²) in [5, 5.41) is 2.71. The molecule has 130 valence electrons. The van der Waals surface area contributed by atoms with Gasteiger partial charge in [-0.2, -0.15) is 0 Å². The zero-order valence-electron chi connectivity index (χ0n) is 13.6. The fourth-order valence-electron chi connectivity index (χ4n) is 3.49. The minimum atomic E-state index is -0.412. The zero-order chi connectivity index (χ0) is 17.4. The molecule has 0 saturated carbocycles. The van der Waals surface area contributed by atoms with E-state index >= 15 is 0 Å². The second-order valence-electron chi connectivity index (χ2n) is 6.33. The predicted molar refractivity (Wildman–Crippen MR) is 88.1 cm³/mol. The van der Waals surface area contributed by atoms with Crippen molar-refractivity contribution in [3.05, 3.63) is 30.4 Å². The van der Waals surface area contributed by atoms with Gasteiger partial charge in [-0.3, -0.25) is 19.3 Å². The monoisotopic (exact) mass is 342 g/mol. The summed E-state index contributed by atoms with van der Waals surface area (Å²) in [5.74, 6) is -0.363. The SMILES string of the molecule is O=C(CN1C(=O)C2CC=CCC2C1=O)Nc1ccc2c(c1)OCCO2. The van der Waals surface area contributed by atoms with Gasteiger partial charge in [0.25, 0.3) is 0 Å². The number of carbonyl (C=O) groups is 3. The number of rotatable bonds is 3. The second kappa shape index (κ2) is 6.23.